The van der Waals surface area contributed by atoms with Gasteiger partial charge in [0, 0.05) is 6.42 Å². The first-order valence-electron chi connectivity index (χ1n) is 14.6. The Balaban J connectivity index is 3.02. The molecular formula is C30H58O2. The summed E-state index contributed by atoms with van der Waals surface area (Å²) in [6.07, 6.45) is 39.1. The zero-order chi connectivity index (χ0) is 23.4. The number of unbranched alkanes of at least 4 members (excludes halogenated alkanes) is 23. The predicted octanol–water partition coefficient (Wildman–Crippen LogP) is 10.8. The summed E-state index contributed by atoms with van der Waals surface area (Å²) in [6.45, 7) is 2.21. The van der Waals surface area contributed by atoms with Crippen LogP contribution in [-0.4, -0.2) is 11.1 Å². The average molecular weight is 451 g/mol. The lowest BCUT2D eigenvalue weighted by Gasteiger charge is -2.04. The molecule has 2 nitrogen and oxygen atoms in total. The monoisotopic (exact) mass is 450 g/mol. The van der Waals surface area contributed by atoms with Gasteiger partial charge in [-0.1, -0.05) is 154 Å². The lowest BCUT2D eigenvalue weighted by atomic mass is 10.0. The topological polar surface area (TPSA) is 37.3 Å². The molecule has 32 heavy (non-hydrogen) atoms. The molecule has 0 amide bonds. The maximum absolute atomic E-state index is 10.4. The summed E-state index contributed by atoms with van der Waals surface area (Å²) in [5.41, 5.74) is 0. The van der Waals surface area contributed by atoms with Gasteiger partial charge in [-0.25, -0.2) is 0 Å². The van der Waals surface area contributed by atoms with Crippen molar-refractivity contribution in [3.63, 3.8) is 0 Å². The molecule has 0 radical (unpaired) electrons. The maximum atomic E-state index is 10.4. The maximum Gasteiger partial charge on any atom is 0.303 e. The van der Waals surface area contributed by atoms with Crippen LogP contribution < -0.4 is 0 Å². The predicted molar refractivity (Wildman–Crippen MR) is 142 cm³/mol. The fraction of sp³-hybridized carbons (Fsp3) is 0.900. The molecule has 0 aromatic heterocycles. The van der Waals surface area contributed by atoms with Crippen LogP contribution in [0.1, 0.15) is 174 Å². The van der Waals surface area contributed by atoms with Crippen molar-refractivity contribution < 1.29 is 9.90 Å². The molecule has 0 heterocycles. The molecule has 0 aliphatic heterocycles. The molecule has 0 saturated carbocycles. The molecule has 0 atom stereocenters. The Bertz CT molecular complexity index is 388. The van der Waals surface area contributed by atoms with Gasteiger partial charge < -0.3 is 5.11 Å². The summed E-state index contributed by atoms with van der Waals surface area (Å²) < 4.78 is 0. The van der Waals surface area contributed by atoms with E-state index >= 15 is 0 Å². The van der Waals surface area contributed by atoms with E-state index in [1.54, 1.807) is 0 Å². The smallest absolute Gasteiger partial charge is 0.303 e. The van der Waals surface area contributed by atoms with Crippen LogP contribution in [0.4, 0.5) is 0 Å². The molecule has 0 saturated heterocycles. The van der Waals surface area contributed by atoms with Gasteiger partial charge in [0.25, 0.3) is 0 Å². The molecule has 0 aliphatic rings. The molecule has 0 rings (SSSR count). The van der Waals surface area contributed by atoms with Gasteiger partial charge in [-0.3, -0.25) is 4.79 Å². The largest absolute Gasteiger partial charge is 0.481 e. The van der Waals surface area contributed by atoms with Crippen LogP contribution in [-0.2, 0) is 4.79 Å². The molecule has 2 heteroatoms. The highest BCUT2D eigenvalue weighted by Gasteiger charge is 1.97. The Labute approximate surface area is 202 Å². The third kappa shape index (κ3) is 29.2. The number of carboxylic acids is 1. The molecule has 1 N–H and O–H groups in total. The van der Waals surface area contributed by atoms with Crippen molar-refractivity contribution >= 4 is 5.97 Å². The van der Waals surface area contributed by atoms with E-state index in [1.165, 1.54) is 148 Å². The first kappa shape index (κ1) is 31.2. The second-order valence-corrected chi connectivity index (χ2v) is 9.94. The van der Waals surface area contributed by atoms with E-state index in [9.17, 15) is 4.79 Å². The Morgan fingerprint density at radius 2 is 0.750 bits per heavy atom. The Morgan fingerprint density at radius 3 is 1.03 bits per heavy atom. The van der Waals surface area contributed by atoms with E-state index < -0.39 is 5.97 Å². The van der Waals surface area contributed by atoms with Crippen LogP contribution >= 0.6 is 0 Å². The molecule has 0 aromatic rings. The van der Waals surface area contributed by atoms with Crippen molar-refractivity contribution in [1.29, 1.82) is 0 Å². The van der Waals surface area contributed by atoms with Gasteiger partial charge in [-0.2, -0.15) is 0 Å². The minimum Gasteiger partial charge on any atom is -0.481 e. The fourth-order valence-electron chi connectivity index (χ4n) is 4.54. The molecule has 0 spiro atoms. The third-order valence-electron chi connectivity index (χ3n) is 6.66. The van der Waals surface area contributed by atoms with E-state index in [0.717, 1.165) is 12.8 Å². The number of rotatable bonds is 27. The summed E-state index contributed by atoms with van der Waals surface area (Å²) in [7, 11) is 0. The zero-order valence-corrected chi connectivity index (χ0v) is 21.9. The number of allylic oxidation sites excluding steroid dienone is 2. The highest BCUT2D eigenvalue weighted by molar-refractivity contribution is 5.66. The van der Waals surface area contributed by atoms with Gasteiger partial charge in [-0.15, -0.1) is 0 Å². The molecule has 0 bridgehead atoms. The summed E-state index contributed by atoms with van der Waals surface area (Å²) in [5, 5.41) is 8.60. The van der Waals surface area contributed by atoms with Gasteiger partial charge >= 0.3 is 5.97 Å². The van der Waals surface area contributed by atoms with Crippen molar-refractivity contribution in [1.82, 2.24) is 0 Å². The molecular weight excluding hydrogens is 392 g/mol. The number of carbonyl (C=O) groups is 1. The molecule has 0 unspecified atom stereocenters. The number of carboxylic acid groups (broad SMARTS) is 1. The minimum absolute atomic E-state index is 0.345. The van der Waals surface area contributed by atoms with E-state index in [0.29, 0.717) is 6.42 Å². The van der Waals surface area contributed by atoms with Crippen molar-refractivity contribution in [2.24, 2.45) is 0 Å². The van der Waals surface area contributed by atoms with Crippen molar-refractivity contribution in [3.05, 3.63) is 12.2 Å². The fourth-order valence-corrected chi connectivity index (χ4v) is 4.54. The van der Waals surface area contributed by atoms with Crippen LogP contribution in [0.15, 0.2) is 12.2 Å². The number of hydrogen-bond donors (Lipinski definition) is 1. The molecule has 0 fully saturated rings. The molecule has 0 aliphatic carbocycles. The second kappa shape index (κ2) is 28.2. The van der Waals surface area contributed by atoms with E-state index in [1.807, 2.05) is 0 Å². The second-order valence-electron chi connectivity index (χ2n) is 9.94. The summed E-state index contributed by atoms with van der Waals surface area (Å²) in [4.78, 5) is 10.4. The Kier molecular flexibility index (Phi) is 27.5. The Hall–Kier alpha value is -0.790. The van der Waals surface area contributed by atoms with Crippen molar-refractivity contribution in [2.45, 2.75) is 174 Å². The van der Waals surface area contributed by atoms with Gasteiger partial charge in [0.15, 0.2) is 0 Å². The van der Waals surface area contributed by atoms with Gasteiger partial charge in [-0.05, 0) is 25.7 Å². The van der Waals surface area contributed by atoms with Gasteiger partial charge in [0.05, 0.1) is 0 Å². The number of hydrogen-bond acceptors (Lipinski definition) is 1. The van der Waals surface area contributed by atoms with Crippen LogP contribution in [0.2, 0.25) is 0 Å². The van der Waals surface area contributed by atoms with E-state index in [4.69, 9.17) is 5.11 Å². The average Bonchev–Trinajstić information content (AvgIpc) is 2.78. The highest BCUT2D eigenvalue weighted by Crippen LogP contribution is 2.15. The highest BCUT2D eigenvalue weighted by atomic mass is 16.4. The third-order valence-corrected chi connectivity index (χ3v) is 6.66. The number of aliphatic carboxylic acids is 1. The van der Waals surface area contributed by atoms with Gasteiger partial charge in [0.1, 0.15) is 0 Å². The zero-order valence-electron chi connectivity index (χ0n) is 21.9. The molecule has 0 aromatic carbocycles. The van der Waals surface area contributed by atoms with E-state index in [2.05, 4.69) is 19.1 Å². The lowest BCUT2D eigenvalue weighted by molar-refractivity contribution is -0.137. The summed E-state index contributed by atoms with van der Waals surface area (Å²) in [6, 6.07) is 0. The summed E-state index contributed by atoms with van der Waals surface area (Å²) >= 11 is 0. The first-order valence-corrected chi connectivity index (χ1v) is 14.6. The normalized spacial score (nSPS) is 11.5. The molecule has 190 valence electrons. The first-order chi connectivity index (χ1) is 15.8. The van der Waals surface area contributed by atoms with Crippen LogP contribution in [0, 0.1) is 0 Å². The summed E-state index contributed by atoms with van der Waals surface area (Å²) in [5.74, 6) is -0.650. The minimum atomic E-state index is -0.650. The van der Waals surface area contributed by atoms with E-state index in [-0.39, 0.29) is 0 Å². The SMILES string of the molecule is CCC=CCCCCCCCCCCCCCCCCCCCCCCCCCC(=O)O. The Morgan fingerprint density at radius 1 is 0.469 bits per heavy atom. The van der Waals surface area contributed by atoms with Gasteiger partial charge in [0.2, 0.25) is 0 Å². The van der Waals surface area contributed by atoms with Crippen molar-refractivity contribution in [3.8, 4) is 0 Å². The van der Waals surface area contributed by atoms with Crippen molar-refractivity contribution in [2.75, 3.05) is 0 Å². The lowest BCUT2D eigenvalue weighted by Crippen LogP contribution is -1.93. The van der Waals surface area contributed by atoms with Crippen LogP contribution in [0.3, 0.4) is 0 Å². The van der Waals surface area contributed by atoms with Crippen LogP contribution in [0.25, 0.3) is 0 Å². The standard InChI is InChI=1S/C30H58O2/c1-2-3-4-5-6-7-8-9-10-11-12-13-14-15-16-17-18-19-20-21-22-23-24-25-26-27-28-29-30(31)32/h3-4H,2,5-29H2,1H3,(H,31,32). The van der Waals surface area contributed by atoms with Crippen LogP contribution in [0.5, 0.6) is 0 Å². The quantitative estimate of drug-likeness (QED) is 0.0997.